The number of nitrogens with zero attached hydrogens (tertiary/aromatic N) is 3. The molecular weight excluding hydrogens is 276 g/mol. The summed E-state index contributed by atoms with van der Waals surface area (Å²) < 4.78 is 7.66. The highest BCUT2D eigenvalue weighted by atomic mass is 16.5. The van der Waals surface area contributed by atoms with E-state index in [1.165, 1.54) is 17.3 Å². The first-order valence-corrected chi connectivity index (χ1v) is 7.85. The van der Waals surface area contributed by atoms with E-state index in [0.717, 1.165) is 43.3 Å². The number of aryl methyl sites for hydroxylation is 1. The third kappa shape index (κ3) is 2.41. The smallest absolute Gasteiger partial charge is 0.181 e. The lowest BCUT2D eigenvalue weighted by Crippen LogP contribution is -2.19. The van der Waals surface area contributed by atoms with Crippen molar-refractivity contribution < 1.29 is 4.74 Å². The molecule has 1 atom stereocenters. The van der Waals surface area contributed by atoms with Gasteiger partial charge in [0.25, 0.3) is 0 Å². The minimum Gasteiger partial charge on any atom is -0.381 e. The molecule has 0 amide bonds. The van der Waals surface area contributed by atoms with Crippen molar-refractivity contribution >= 4 is 10.9 Å². The molecule has 0 bridgehead atoms. The van der Waals surface area contributed by atoms with Crippen LogP contribution in [-0.4, -0.2) is 33.0 Å². The van der Waals surface area contributed by atoms with Gasteiger partial charge in [-0.3, -0.25) is 5.10 Å². The Labute approximate surface area is 129 Å². The molecular formula is C17H20N4O. The fourth-order valence-electron chi connectivity index (χ4n) is 3.25. The van der Waals surface area contributed by atoms with E-state index in [0.29, 0.717) is 5.92 Å². The van der Waals surface area contributed by atoms with Crippen LogP contribution in [0.1, 0.15) is 18.7 Å². The van der Waals surface area contributed by atoms with Crippen molar-refractivity contribution in [1.29, 1.82) is 0 Å². The normalized spacial score (nSPS) is 18.9. The summed E-state index contributed by atoms with van der Waals surface area (Å²) in [4.78, 5) is 4.70. The lowest BCUT2D eigenvalue weighted by atomic mass is 9.98. The summed E-state index contributed by atoms with van der Waals surface area (Å²) in [5, 5.41) is 8.72. The van der Waals surface area contributed by atoms with Gasteiger partial charge in [0, 0.05) is 49.3 Å². The molecule has 5 heteroatoms. The first-order valence-electron chi connectivity index (χ1n) is 7.85. The molecule has 1 saturated heterocycles. The standard InChI is InChI=1S/C17H20N4O/c1-21-8-7-13-14(5-2-6-15(13)21)17-18-16(19-20-17)10-12-4-3-9-22-11-12/h2,5-8,12H,3-4,9-11H2,1H3,(H,18,19,20). The average Bonchev–Trinajstić information content (AvgIpc) is 3.16. The molecule has 1 aromatic carbocycles. The molecule has 0 aliphatic carbocycles. The summed E-state index contributed by atoms with van der Waals surface area (Å²) in [6.45, 7) is 1.73. The van der Waals surface area contributed by atoms with Crippen LogP contribution in [0.4, 0.5) is 0 Å². The Morgan fingerprint density at radius 3 is 3.18 bits per heavy atom. The second-order valence-corrected chi connectivity index (χ2v) is 6.06. The fraction of sp³-hybridized carbons (Fsp3) is 0.412. The minimum absolute atomic E-state index is 0.557. The molecule has 1 fully saturated rings. The molecule has 3 aromatic rings. The van der Waals surface area contributed by atoms with Gasteiger partial charge in [0.15, 0.2) is 5.82 Å². The first-order chi connectivity index (χ1) is 10.8. The maximum absolute atomic E-state index is 5.54. The van der Waals surface area contributed by atoms with Crippen LogP contribution < -0.4 is 0 Å². The maximum atomic E-state index is 5.54. The Kier molecular flexibility index (Phi) is 3.42. The Hall–Kier alpha value is -2.14. The zero-order valence-corrected chi connectivity index (χ0v) is 12.7. The van der Waals surface area contributed by atoms with Crippen LogP contribution in [0.2, 0.25) is 0 Å². The van der Waals surface area contributed by atoms with E-state index >= 15 is 0 Å². The minimum atomic E-state index is 0.557. The second kappa shape index (κ2) is 5.57. The van der Waals surface area contributed by atoms with Crippen molar-refractivity contribution in [3.8, 4) is 11.4 Å². The van der Waals surface area contributed by atoms with Gasteiger partial charge in [-0.05, 0) is 30.9 Å². The lowest BCUT2D eigenvalue weighted by Gasteiger charge is -2.20. The molecule has 22 heavy (non-hydrogen) atoms. The van der Waals surface area contributed by atoms with Crippen molar-refractivity contribution in [1.82, 2.24) is 19.7 Å². The second-order valence-electron chi connectivity index (χ2n) is 6.06. The Bertz CT molecular complexity index is 783. The van der Waals surface area contributed by atoms with Gasteiger partial charge in [-0.15, -0.1) is 0 Å². The van der Waals surface area contributed by atoms with E-state index in [1.54, 1.807) is 0 Å². The lowest BCUT2D eigenvalue weighted by molar-refractivity contribution is 0.0543. The maximum Gasteiger partial charge on any atom is 0.181 e. The molecule has 4 rings (SSSR count). The number of fused-ring (bicyclic) bond motifs is 1. The number of H-pyrrole nitrogens is 1. The Balaban J connectivity index is 1.62. The monoisotopic (exact) mass is 296 g/mol. The number of ether oxygens (including phenoxy) is 1. The number of rotatable bonds is 3. The average molecular weight is 296 g/mol. The molecule has 3 heterocycles. The van der Waals surface area contributed by atoms with E-state index < -0.39 is 0 Å². The SMILES string of the molecule is Cn1ccc2c(-c3n[nH]c(CC4CCCOC4)n3)cccc21. The fourth-order valence-corrected chi connectivity index (χ4v) is 3.25. The van der Waals surface area contributed by atoms with Crippen LogP contribution in [0.3, 0.4) is 0 Å². The number of aromatic nitrogens is 4. The van der Waals surface area contributed by atoms with Crippen molar-refractivity contribution in [2.75, 3.05) is 13.2 Å². The molecule has 1 aliphatic heterocycles. The number of nitrogens with one attached hydrogen (secondary N) is 1. The van der Waals surface area contributed by atoms with E-state index in [4.69, 9.17) is 9.72 Å². The van der Waals surface area contributed by atoms with Crippen LogP contribution in [0.15, 0.2) is 30.5 Å². The first kappa shape index (κ1) is 13.5. The Morgan fingerprint density at radius 1 is 1.36 bits per heavy atom. The highest BCUT2D eigenvalue weighted by molar-refractivity contribution is 5.93. The molecule has 1 aliphatic rings. The summed E-state index contributed by atoms with van der Waals surface area (Å²) in [5.74, 6) is 2.30. The topological polar surface area (TPSA) is 55.7 Å². The summed E-state index contributed by atoms with van der Waals surface area (Å²) in [5.41, 5.74) is 2.28. The van der Waals surface area contributed by atoms with Crippen molar-refractivity contribution in [2.45, 2.75) is 19.3 Å². The third-order valence-electron chi connectivity index (χ3n) is 4.44. The number of hydrogen-bond donors (Lipinski definition) is 1. The van der Waals surface area contributed by atoms with E-state index in [9.17, 15) is 0 Å². The van der Waals surface area contributed by atoms with Gasteiger partial charge in [0.1, 0.15) is 5.82 Å². The molecule has 0 spiro atoms. The summed E-state index contributed by atoms with van der Waals surface area (Å²) in [7, 11) is 2.05. The van der Waals surface area contributed by atoms with Crippen LogP contribution >= 0.6 is 0 Å². The zero-order valence-electron chi connectivity index (χ0n) is 12.7. The van der Waals surface area contributed by atoms with Crippen LogP contribution in [0.5, 0.6) is 0 Å². The molecule has 5 nitrogen and oxygen atoms in total. The quantitative estimate of drug-likeness (QED) is 0.808. The third-order valence-corrected chi connectivity index (χ3v) is 4.44. The molecule has 0 saturated carbocycles. The van der Waals surface area contributed by atoms with Gasteiger partial charge in [0.2, 0.25) is 0 Å². The molecule has 1 unspecified atom stereocenters. The molecule has 1 N–H and O–H groups in total. The molecule has 114 valence electrons. The highest BCUT2D eigenvalue weighted by Gasteiger charge is 2.17. The Morgan fingerprint density at radius 2 is 2.32 bits per heavy atom. The summed E-state index contributed by atoms with van der Waals surface area (Å²) >= 11 is 0. The number of hydrogen-bond acceptors (Lipinski definition) is 3. The van der Waals surface area contributed by atoms with Crippen LogP contribution in [0, 0.1) is 5.92 Å². The summed E-state index contributed by atoms with van der Waals surface area (Å²) in [6.07, 6.45) is 5.35. The number of aromatic amines is 1. The van der Waals surface area contributed by atoms with Gasteiger partial charge in [0.05, 0.1) is 0 Å². The largest absolute Gasteiger partial charge is 0.381 e. The molecule has 0 radical (unpaired) electrons. The van der Waals surface area contributed by atoms with Crippen LogP contribution in [-0.2, 0) is 18.2 Å². The van der Waals surface area contributed by atoms with Gasteiger partial charge < -0.3 is 9.30 Å². The van der Waals surface area contributed by atoms with E-state index in [-0.39, 0.29) is 0 Å². The van der Waals surface area contributed by atoms with Gasteiger partial charge in [-0.25, -0.2) is 4.98 Å². The number of benzene rings is 1. The predicted octanol–water partition coefficient (Wildman–Crippen LogP) is 2.93. The van der Waals surface area contributed by atoms with Crippen molar-refractivity contribution in [3.05, 3.63) is 36.3 Å². The summed E-state index contributed by atoms with van der Waals surface area (Å²) in [6, 6.07) is 8.38. The van der Waals surface area contributed by atoms with Gasteiger partial charge in [-0.1, -0.05) is 12.1 Å². The van der Waals surface area contributed by atoms with E-state index in [1.807, 2.05) is 0 Å². The predicted molar refractivity (Wildman–Crippen MR) is 85.5 cm³/mol. The highest BCUT2D eigenvalue weighted by Crippen LogP contribution is 2.27. The molecule has 2 aromatic heterocycles. The van der Waals surface area contributed by atoms with Crippen molar-refractivity contribution in [3.63, 3.8) is 0 Å². The van der Waals surface area contributed by atoms with Crippen LogP contribution in [0.25, 0.3) is 22.3 Å². The van der Waals surface area contributed by atoms with Crippen molar-refractivity contribution in [2.24, 2.45) is 13.0 Å². The van der Waals surface area contributed by atoms with Gasteiger partial charge >= 0.3 is 0 Å². The zero-order chi connectivity index (χ0) is 14.9. The van der Waals surface area contributed by atoms with E-state index in [2.05, 4.69) is 52.3 Å². The van der Waals surface area contributed by atoms with Gasteiger partial charge in [-0.2, -0.15) is 5.10 Å².